The predicted molar refractivity (Wildman–Crippen MR) is 123 cm³/mol. The highest BCUT2D eigenvalue weighted by Crippen LogP contribution is 2.25. The zero-order valence-corrected chi connectivity index (χ0v) is 19.1. The molecule has 172 valence electrons. The van der Waals surface area contributed by atoms with Crippen LogP contribution in [0.4, 0.5) is 5.69 Å². The molecule has 3 rings (SSSR count). The monoisotopic (exact) mass is 440 g/mol. The van der Waals surface area contributed by atoms with Gasteiger partial charge in [0.05, 0.1) is 11.1 Å². The Labute approximate surface area is 188 Å². The summed E-state index contributed by atoms with van der Waals surface area (Å²) in [6.45, 7) is 7.57. The van der Waals surface area contributed by atoms with Crippen LogP contribution in [0.1, 0.15) is 53.1 Å². The van der Waals surface area contributed by atoms with Crippen molar-refractivity contribution in [3.63, 3.8) is 0 Å². The molecular weight excluding hydrogens is 408 g/mol. The summed E-state index contributed by atoms with van der Waals surface area (Å²) >= 11 is 0. The van der Waals surface area contributed by atoms with Gasteiger partial charge in [0.25, 0.3) is 11.8 Å². The van der Waals surface area contributed by atoms with Gasteiger partial charge < -0.3 is 24.8 Å². The Bertz CT molecular complexity index is 947. The third-order valence-corrected chi connectivity index (χ3v) is 5.86. The van der Waals surface area contributed by atoms with Crippen molar-refractivity contribution in [1.82, 2.24) is 14.8 Å². The van der Waals surface area contributed by atoms with E-state index in [2.05, 4.69) is 29.0 Å². The maximum atomic E-state index is 12.7. The molecule has 32 heavy (non-hydrogen) atoms. The lowest BCUT2D eigenvalue weighted by Crippen LogP contribution is -2.38. The molecule has 0 unspecified atom stereocenters. The first-order valence-electron chi connectivity index (χ1n) is 11.2. The van der Waals surface area contributed by atoms with E-state index in [1.165, 1.54) is 0 Å². The smallest absolute Gasteiger partial charge is 0.260 e. The second-order valence-corrected chi connectivity index (χ2v) is 7.94. The van der Waals surface area contributed by atoms with Crippen LogP contribution >= 0.6 is 0 Å². The fourth-order valence-electron chi connectivity index (χ4n) is 3.76. The molecule has 1 aromatic heterocycles. The van der Waals surface area contributed by atoms with E-state index < -0.39 is 0 Å². The number of benzene rings is 1. The van der Waals surface area contributed by atoms with Crippen LogP contribution in [-0.4, -0.2) is 72.2 Å². The number of fused-ring (bicyclic) bond motifs is 1. The number of Topliss-reactive ketones (excluding diaryl/α,β-unsaturated/α-hetero) is 1. The van der Waals surface area contributed by atoms with Crippen molar-refractivity contribution in [3.05, 3.63) is 47.3 Å². The van der Waals surface area contributed by atoms with E-state index >= 15 is 0 Å². The van der Waals surface area contributed by atoms with Gasteiger partial charge in [-0.05, 0) is 50.2 Å². The molecule has 1 aliphatic carbocycles. The molecule has 0 saturated carbocycles. The number of ether oxygens (including phenoxy) is 1. The van der Waals surface area contributed by atoms with E-state index in [1.54, 1.807) is 42.4 Å². The number of aromatic amines is 1. The number of rotatable bonds is 10. The number of carbonyl (C=O) groups excluding carboxylic acids is 3. The van der Waals surface area contributed by atoms with E-state index in [0.717, 1.165) is 38.2 Å². The summed E-state index contributed by atoms with van der Waals surface area (Å²) in [6, 6.07) is 6.83. The second kappa shape index (κ2) is 10.9. The molecule has 0 atom stereocenters. The minimum atomic E-state index is -0.323. The lowest BCUT2D eigenvalue weighted by Gasteiger charge is -2.23. The summed E-state index contributed by atoms with van der Waals surface area (Å²) in [6.07, 6.45) is 3.66. The van der Waals surface area contributed by atoms with Crippen LogP contribution in [0.15, 0.2) is 30.5 Å². The summed E-state index contributed by atoms with van der Waals surface area (Å²) in [4.78, 5) is 44.1. The first-order chi connectivity index (χ1) is 15.4. The first kappa shape index (κ1) is 23.5. The maximum Gasteiger partial charge on any atom is 0.260 e. The number of amides is 2. The van der Waals surface area contributed by atoms with Gasteiger partial charge in [0.2, 0.25) is 0 Å². The molecule has 8 nitrogen and oxygen atoms in total. The van der Waals surface area contributed by atoms with Gasteiger partial charge in [0, 0.05) is 44.1 Å². The summed E-state index contributed by atoms with van der Waals surface area (Å²) in [5, 5.41) is 2.82. The molecule has 0 aliphatic heterocycles. The summed E-state index contributed by atoms with van der Waals surface area (Å²) in [7, 11) is 1.78. The van der Waals surface area contributed by atoms with E-state index in [1.807, 2.05) is 0 Å². The molecule has 2 aromatic rings. The van der Waals surface area contributed by atoms with Crippen LogP contribution < -0.4 is 10.1 Å². The van der Waals surface area contributed by atoms with Gasteiger partial charge in [-0.15, -0.1) is 0 Å². The van der Waals surface area contributed by atoms with Gasteiger partial charge in [-0.25, -0.2) is 0 Å². The fraction of sp³-hybridized carbons (Fsp3) is 0.458. The van der Waals surface area contributed by atoms with Gasteiger partial charge in [-0.1, -0.05) is 13.8 Å². The van der Waals surface area contributed by atoms with E-state index in [0.29, 0.717) is 35.5 Å². The van der Waals surface area contributed by atoms with Crippen molar-refractivity contribution in [2.24, 2.45) is 0 Å². The quantitative estimate of drug-likeness (QED) is 0.592. The number of anilines is 1. The summed E-state index contributed by atoms with van der Waals surface area (Å²) in [5.74, 6) is 0.142. The Morgan fingerprint density at radius 3 is 2.50 bits per heavy atom. The zero-order chi connectivity index (χ0) is 23.1. The molecule has 1 heterocycles. The van der Waals surface area contributed by atoms with Crippen molar-refractivity contribution in [1.29, 1.82) is 0 Å². The number of ketones is 1. The average molecular weight is 441 g/mol. The standard InChI is InChI=1S/C24H32N4O4/c1-4-28(5-2)14-13-27(3)22(30)16-32-18-11-9-17(10-12-18)26-24(31)19-15-25-20-7-6-8-21(29)23(19)20/h9-12,15,25H,4-8,13-14,16H2,1-3H3,(H,26,31). The number of nitrogens with one attached hydrogen (secondary N) is 2. The molecule has 2 N–H and O–H groups in total. The van der Waals surface area contributed by atoms with Gasteiger partial charge in [-0.2, -0.15) is 0 Å². The van der Waals surface area contributed by atoms with Crippen LogP contribution in [0.2, 0.25) is 0 Å². The lowest BCUT2D eigenvalue weighted by molar-refractivity contribution is -0.132. The largest absolute Gasteiger partial charge is 0.484 e. The zero-order valence-electron chi connectivity index (χ0n) is 19.1. The first-order valence-corrected chi connectivity index (χ1v) is 11.2. The third-order valence-electron chi connectivity index (χ3n) is 5.86. The van der Waals surface area contributed by atoms with E-state index in [9.17, 15) is 14.4 Å². The van der Waals surface area contributed by atoms with Crippen molar-refractivity contribution in [2.45, 2.75) is 33.1 Å². The van der Waals surface area contributed by atoms with Crippen LogP contribution in [-0.2, 0) is 11.2 Å². The highest BCUT2D eigenvalue weighted by Gasteiger charge is 2.25. The number of aryl methyl sites for hydroxylation is 1. The van der Waals surface area contributed by atoms with Crippen LogP contribution in [0.25, 0.3) is 0 Å². The normalized spacial score (nSPS) is 13.1. The van der Waals surface area contributed by atoms with Crippen molar-refractivity contribution in [3.8, 4) is 5.75 Å². The molecule has 0 saturated heterocycles. The Hall–Kier alpha value is -3.13. The Morgan fingerprint density at radius 1 is 1.09 bits per heavy atom. The topological polar surface area (TPSA) is 94.7 Å². The molecular formula is C24H32N4O4. The maximum absolute atomic E-state index is 12.7. The third kappa shape index (κ3) is 5.76. The second-order valence-electron chi connectivity index (χ2n) is 7.94. The molecule has 0 spiro atoms. The molecule has 0 fully saturated rings. The lowest BCUT2D eigenvalue weighted by atomic mass is 9.93. The highest BCUT2D eigenvalue weighted by atomic mass is 16.5. The molecule has 2 amide bonds. The van der Waals surface area contributed by atoms with Crippen LogP contribution in [0.5, 0.6) is 5.75 Å². The van der Waals surface area contributed by atoms with Crippen molar-refractivity contribution < 1.29 is 19.1 Å². The Morgan fingerprint density at radius 2 is 1.81 bits per heavy atom. The number of nitrogens with zero attached hydrogens (tertiary/aromatic N) is 2. The molecule has 0 bridgehead atoms. The average Bonchev–Trinajstić information content (AvgIpc) is 3.24. The summed E-state index contributed by atoms with van der Waals surface area (Å²) < 4.78 is 5.60. The number of hydrogen-bond donors (Lipinski definition) is 2. The van der Waals surface area contributed by atoms with E-state index in [-0.39, 0.29) is 24.2 Å². The van der Waals surface area contributed by atoms with Gasteiger partial charge in [0.1, 0.15) is 5.75 Å². The minimum absolute atomic E-state index is 0.00753. The Kier molecular flexibility index (Phi) is 8.05. The van der Waals surface area contributed by atoms with Gasteiger partial charge in [0.15, 0.2) is 12.4 Å². The SMILES string of the molecule is CCN(CC)CCN(C)C(=O)COc1ccc(NC(=O)c2c[nH]c3c2C(=O)CCC3)cc1. The van der Waals surface area contributed by atoms with Crippen molar-refractivity contribution >= 4 is 23.3 Å². The number of hydrogen-bond acceptors (Lipinski definition) is 5. The number of likely N-dealkylation sites (N-methyl/N-ethyl adjacent to an activating group) is 2. The van der Waals surface area contributed by atoms with Crippen molar-refractivity contribution in [2.75, 3.05) is 45.2 Å². The highest BCUT2D eigenvalue weighted by molar-refractivity contribution is 6.13. The number of carbonyl (C=O) groups is 3. The van der Waals surface area contributed by atoms with Crippen LogP contribution in [0.3, 0.4) is 0 Å². The number of aromatic nitrogens is 1. The fourth-order valence-corrected chi connectivity index (χ4v) is 3.76. The molecule has 0 radical (unpaired) electrons. The number of H-pyrrole nitrogens is 1. The minimum Gasteiger partial charge on any atom is -0.484 e. The summed E-state index contributed by atoms with van der Waals surface area (Å²) in [5.41, 5.74) is 2.31. The van der Waals surface area contributed by atoms with Gasteiger partial charge in [-0.3, -0.25) is 14.4 Å². The van der Waals surface area contributed by atoms with E-state index in [4.69, 9.17) is 4.74 Å². The van der Waals surface area contributed by atoms with Crippen LogP contribution in [0, 0.1) is 0 Å². The molecule has 1 aliphatic rings. The molecule has 1 aromatic carbocycles. The molecule has 8 heteroatoms. The predicted octanol–water partition coefficient (Wildman–Crippen LogP) is 2.96. The van der Waals surface area contributed by atoms with Gasteiger partial charge >= 0.3 is 0 Å². The Balaban J connectivity index is 1.50.